The third kappa shape index (κ3) is 3.00. The van der Waals surface area contributed by atoms with Gasteiger partial charge in [-0.15, -0.1) is 0 Å². The van der Waals surface area contributed by atoms with Crippen LogP contribution >= 0.6 is 0 Å². The van der Waals surface area contributed by atoms with Crippen LogP contribution in [-0.2, 0) is 6.18 Å². The molecule has 0 bridgehead atoms. The second-order valence-corrected chi connectivity index (χ2v) is 7.18. The minimum absolute atomic E-state index is 0.0519. The Morgan fingerprint density at radius 1 is 1.26 bits per heavy atom. The number of carbonyl (C=O) groups is 1. The zero-order valence-corrected chi connectivity index (χ0v) is 16.1. The monoisotopic (exact) mass is 428 g/mol. The molecule has 1 aliphatic heterocycles. The lowest BCUT2D eigenvalue weighted by Gasteiger charge is -2.23. The van der Waals surface area contributed by atoms with Crippen molar-refractivity contribution in [1.29, 1.82) is 0 Å². The van der Waals surface area contributed by atoms with Gasteiger partial charge in [0.15, 0.2) is 5.65 Å². The number of hydrogen-bond donors (Lipinski definition) is 1. The molecule has 0 aliphatic carbocycles. The number of nitrogen functional groups attached to an aromatic ring is 1. The van der Waals surface area contributed by atoms with Gasteiger partial charge in [0, 0.05) is 12.6 Å². The van der Waals surface area contributed by atoms with Crippen molar-refractivity contribution in [2.75, 3.05) is 19.4 Å². The van der Waals surface area contributed by atoms with Crippen LogP contribution in [0.2, 0.25) is 0 Å². The number of ether oxygens (including phenoxy) is 1. The SMILES string of the molecule is CN(C(=O)c1ccc2nc(N)c3cncn3c2n1)[C@@H]1COc2cc(C(F)(F)F)ccc21. The highest BCUT2D eigenvalue weighted by molar-refractivity contribution is 5.95. The minimum atomic E-state index is -4.47. The number of halogens is 3. The van der Waals surface area contributed by atoms with Gasteiger partial charge in [-0.25, -0.2) is 15.0 Å². The maximum atomic E-state index is 13.1. The maximum Gasteiger partial charge on any atom is 0.416 e. The quantitative estimate of drug-likeness (QED) is 0.527. The fraction of sp³-hybridized carbons (Fsp3) is 0.200. The fourth-order valence-corrected chi connectivity index (χ4v) is 3.68. The molecule has 4 aromatic rings. The Balaban J connectivity index is 1.49. The number of carbonyl (C=O) groups excluding carboxylic acids is 1. The number of benzene rings is 1. The summed E-state index contributed by atoms with van der Waals surface area (Å²) in [6, 6.07) is 5.90. The van der Waals surface area contributed by atoms with Gasteiger partial charge in [0.05, 0.1) is 17.8 Å². The Morgan fingerprint density at radius 2 is 2.06 bits per heavy atom. The predicted molar refractivity (Wildman–Crippen MR) is 104 cm³/mol. The van der Waals surface area contributed by atoms with Crippen LogP contribution in [0.5, 0.6) is 5.75 Å². The average molecular weight is 428 g/mol. The smallest absolute Gasteiger partial charge is 0.416 e. The third-order valence-corrected chi connectivity index (χ3v) is 5.33. The summed E-state index contributed by atoms with van der Waals surface area (Å²) < 4.78 is 45.9. The Morgan fingerprint density at radius 3 is 2.84 bits per heavy atom. The molecule has 1 atom stereocenters. The second-order valence-electron chi connectivity index (χ2n) is 7.18. The van der Waals surface area contributed by atoms with Crippen molar-refractivity contribution < 1.29 is 22.7 Å². The number of nitrogens with two attached hydrogens (primary N) is 1. The highest BCUT2D eigenvalue weighted by Crippen LogP contribution is 2.40. The first kappa shape index (κ1) is 19.1. The van der Waals surface area contributed by atoms with Crippen molar-refractivity contribution in [3.05, 3.63) is 59.7 Å². The number of aromatic nitrogens is 4. The highest BCUT2D eigenvalue weighted by atomic mass is 19.4. The molecule has 0 saturated carbocycles. The summed E-state index contributed by atoms with van der Waals surface area (Å²) in [6.07, 6.45) is -1.39. The van der Waals surface area contributed by atoms with Gasteiger partial charge in [-0.2, -0.15) is 13.2 Å². The predicted octanol–water partition coefficient (Wildman–Crippen LogP) is 3.08. The molecule has 1 amide bonds. The van der Waals surface area contributed by atoms with Crippen LogP contribution in [0.3, 0.4) is 0 Å². The molecule has 31 heavy (non-hydrogen) atoms. The number of rotatable bonds is 2. The summed E-state index contributed by atoms with van der Waals surface area (Å²) in [5, 5.41) is 0. The molecular weight excluding hydrogens is 413 g/mol. The number of hydrogen-bond acceptors (Lipinski definition) is 6. The number of nitrogens with zero attached hydrogens (tertiary/aromatic N) is 5. The lowest BCUT2D eigenvalue weighted by molar-refractivity contribution is -0.137. The summed E-state index contributed by atoms with van der Waals surface area (Å²) in [7, 11) is 1.56. The fourth-order valence-electron chi connectivity index (χ4n) is 3.68. The summed E-state index contributed by atoms with van der Waals surface area (Å²) >= 11 is 0. The van der Waals surface area contributed by atoms with Gasteiger partial charge >= 0.3 is 6.18 Å². The summed E-state index contributed by atoms with van der Waals surface area (Å²) in [6.45, 7) is 0.0519. The van der Waals surface area contributed by atoms with Crippen molar-refractivity contribution in [2.24, 2.45) is 0 Å². The number of likely N-dealkylation sites (N-methyl/N-ethyl adjacent to an activating group) is 1. The molecule has 8 nitrogen and oxygen atoms in total. The van der Waals surface area contributed by atoms with Crippen LogP contribution in [0.25, 0.3) is 16.7 Å². The molecule has 1 aromatic carbocycles. The number of imidazole rings is 1. The molecular formula is C20H15F3N6O2. The van der Waals surface area contributed by atoms with Crippen molar-refractivity contribution in [3.8, 4) is 5.75 Å². The van der Waals surface area contributed by atoms with Crippen LogP contribution in [-0.4, -0.2) is 43.8 Å². The molecule has 4 heterocycles. The van der Waals surface area contributed by atoms with E-state index in [2.05, 4.69) is 15.0 Å². The van der Waals surface area contributed by atoms with Gasteiger partial charge in [-0.05, 0) is 24.3 Å². The average Bonchev–Trinajstić information content (AvgIpc) is 3.39. The molecule has 11 heteroatoms. The lowest BCUT2D eigenvalue weighted by atomic mass is 10.0. The first-order valence-corrected chi connectivity index (χ1v) is 9.23. The van der Waals surface area contributed by atoms with E-state index in [1.807, 2.05) is 0 Å². The minimum Gasteiger partial charge on any atom is -0.491 e. The van der Waals surface area contributed by atoms with E-state index in [9.17, 15) is 18.0 Å². The van der Waals surface area contributed by atoms with Crippen LogP contribution in [0.4, 0.5) is 19.0 Å². The Hall–Kier alpha value is -3.89. The van der Waals surface area contributed by atoms with E-state index in [-0.39, 0.29) is 18.1 Å². The zero-order chi connectivity index (χ0) is 21.9. The first-order chi connectivity index (χ1) is 14.7. The zero-order valence-electron chi connectivity index (χ0n) is 16.1. The van der Waals surface area contributed by atoms with Crippen molar-refractivity contribution in [3.63, 3.8) is 0 Å². The van der Waals surface area contributed by atoms with Crippen LogP contribution in [0.15, 0.2) is 42.9 Å². The molecule has 1 aliphatic rings. The molecule has 0 unspecified atom stereocenters. The maximum absolute atomic E-state index is 13.1. The molecule has 0 fully saturated rings. The van der Waals surface area contributed by atoms with E-state index >= 15 is 0 Å². The van der Waals surface area contributed by atoms with Gasteiger partial charge < -0.3 is 15.4 Å². The number of pyridine rings is 1. The lowest BCUT2D eigenvalue weighted by Crippen LogP contribution is -2.32. The number of anilines is 1. The highest BCUT2D eigenvalue weighted by Gasteiger charge is 2.36. The standard InChI is InChI=1S/C20H15F3N6O2/c1-28(15-8-31-16-6-10(20(21,22)23)2-3-11(15)16)19(30)13-5-4-12-18(27-13)29-9-25-7-14(29)17(24)26-12/h2-7,9,15H,8H2,1H3,(H2,24,26)/t15-/m1/s1. The van der Waals surface area contributed by atoms with Crippen molar-refractivity contribution >= 4 is 28.4 Å². The molecule has 0 saturated heterocycles. The van der Waals surface area contributed by atoms with E-state index in [4.69, 9.17) is 10.5 Å². The molecule has 0 spiro atoms. The molecule has 5 rings (SSSR count). The molecule has 3 aromatic heterocycles. The van der Waals surface area contributed by atoms with E-state index in [0.717, 1.165) is 12.1 Å². The van der Waals surface area contributed by atoms with Crippen molar-refractivity contribution in [2.45, 2.75) is 12.2 Å². The molecule has 158 valence electrons. The normalized spacial score (nSPS) is 15.8. The summed E-state index contributed by atoms with van der Waals surface area (Å²) in [4.78, 5) is 27.3. The van der Waals surface area contributed by atoms with Crippen molar-refractivity contribution in [1.82, 2.24) is 24.3 Å². The first-order valence-electron chi connectivity index (χ1n) is 9.23. The summed E-state index contributed by atoms with van der Waals surface area (Å²) in [5.74, 6) is 0.0000140. The molecule has 2 N–H and O–H groups in total. The van der Waals surface area contributed by atoms with E-state index in [0.29, 0.717) is 28.1 Å². The van der Waals surface area contributed by atoms with E-state index < -0.39 is 23.7 Å². The second kappa shape index (κ2) is 6.56. The number of alkyl halides is 3. The van der Waals surface area contributed by atoms with Gasteiger partial charge in [0.2, 0.25) is 0 Å². The Labute approximate surface area is 173 Å². The van der Waals surface area contributed by atoms with Gasteiger partial charge in [0.25, 0.3) is 5.91 Å². The largest absolute Gasteiger partial charge is 0.491 e. The Kier molecular flexibility index (Phi) is 4.04. The summed E-state index contributed by atoms with van der Waals surface area (Å²) in [5.41, 5.74) is 7.26. The Bertz CT molecular complexity index is 1350. The van der Waals surface area contributed by atoms with Crippen LogP contribution in [0, 0.1) is 0 Å². The van der Waals surface area contributed by atoms with Gasteiger partial charge in [-0.1, -0.05) is 6.07 Å². The third-order valence-electron chi connectivity index (χ3n) is 5.33. The van der Waals surface area contributed by atoms with Gasteiger partial charge in [-0.3, -0.25) is 9.20 Å². The molecule has 0 radical (unpaired) electrons. The van der Waals surface area contributed by atoms with E-state index in [1.54, 1.807) is 23.7 Å². The van der Waals surface area contributed by atoms with Crippen LogP contribution in [0.1, 0.15) is 27.7 Å². The van der Waals surface area contributed by atoms with E-state index in [1.165, 1.54) is 23.4 Å². The number of fused-ring (bicyclic) bond motifs is 4. The van der Waals surface area contributed by atoms with Gasteiger partial charge in [0.1, 0.15) is 41.2 Å². The van der Waals surface area contributed by atoms with Crippen LogP contribution < -0.4 is 10.5 Å². The topological polar surface area (TPSA) is 98.6 Å². The number of amides is 1.